The normalized spacial score (nSPS) is 31.0. The predicted octanol–water partition coefficient (Wildman–Crippen LogP) is 5.18. The molecule has 0 bridgehead atoms. The van der Waals surface area contributed by atoms with Crippen molar-refractivity contribution in [3.05, 3.63) is 53.3 Å². The van der Waals surface area contributed by atoms with Gasteiger partial charge >= 0.3 is 0 Å². The first kappa shape index (κ1) is 16.7. The van der Waals surface area contributed by atoms with Crippen molar-refractivity contribution in [3.63, 3.8) is 0 Å². The summed E-state index contributed by atoms with van der Waals surface area (Å²) in [4.78, 5) is 0. The summed E-state index contributed by atoms with van der Waals surface area (Å²) in [7, 11) is 1.79. The van der Waals surface area contributed by atoms with Crippen LogP contribution in [0.15, 0.2) is 42.2 Å². The van der Waals surface area contributed by atoms with E-state index in [1.807, 2.05) is 0 Å². The van der Waals surface area contributed by atoms with Crippen LogP contribution < -0.4 is 5.32 Å². The number of nitrogens with one attached hydrogen (secondary N) is 1. The van der Waals surface area contributed by atoms with E-state index < -0.39 is 0 Å². The van der Waals surface area contributed by atoms with Gasteiger partial charge in [-0.05, 0) is 42.9 Å². The third kappa shape index (κ3) is 2.99. The molecule has 1 aliphatic carbocycles. The van der Waals surface area contributed by atoms with Crippen molar-refractivity contribution in [2.45, 2.75) is 51.2 Å². The summed E-state index contributed by atoms with van der Waals surface area (Å²) in [5, 5.41) is 3.86. The highest BCUT2D eigenvalue weighted by Crippen LogP contribution is 2.48. The van der Waals surface area contributed by atoms with E-state index in [0.29, 0.717) is 23.8 Å². The summed E-state index contributed by atoms with van der Waals surface area (Å²) >= 11 is 0. The van der Waals surface area contributed by atoms with Crippen LogP contribution in [0.25, 0.3) is 0 Å². The van der Waals surface area contributed by atoms with E-state index in [0.717, 1.165) is 25.2 Å². The van der Waals surface area contributed by atoms with Gasteiger partial charge in [0.15, 0.2) is 0 Å². The lowest BCUT2D eigenvalue weighted by molar-refractivity contribution is -0.0443. The number of hydrogen-bond acceptors (Lipinski definition) is 3. The van der Waals surface area contributed by atoms with E-state index in [4.69, 9.17) is 9.47 Å². The standard InChI is InChI=1S/C22H29NO2/c1-14(2)15-10-11-19-18(13-15)22-17(8-6-12-25-22)21(23-19)16-7-4-5-9-20(16)24-3/h4-5,9-11,13-14,16-17,21-23H,6-8,12H2,1-3H3/t16?,17-,21-,22-/m0/s1. The molecule has 0 aromatic heterocycles. The summed E-state index contributed by atoms with van der Waals surface area (Å²) in [6.45, 7) is 5.38. The Morgan fingerprint density at radius 2 is 2.16 bits per heavy atom. The van der Waals surface area contributed by atoms with Crippen LogP contribution in [0, 0.1) is 11.8 Å². The number of methoxy groups -OCH3 is 1. The maximum Gasteiger partial charge on any atom is 0.101 e. The molecule has 3 heteroatoms. The Morgan fingerprint density at radius 3 is 2.96 bits per heavy atom. The Morgan fingerprint density at radius 1 is 1.28 bits per heavy atom. The van der Waals surface area contributed by atoms with Gasteiger partial charge in [-0.25, -0.2) is 0 Å². The molecule has 1 saturated heterocycles. The Hall–Kier alpha value is -1.74. The Labute approximate surface area is 151 Å². The van der Waals surface area contributed by atoms with Crippen molar-refractivity contribution in [3.8, 4) is 0 Å². The fraction of sp³-hybridized carbons (Fsp3) is 0.545. The first-order valence-electron chi connectivity index (χ1n) is 9.61. The molecule has 1 fully saturated rings. The van der Waals surface area contributed by atoms with Crippen LogP contribution in [0.3, 0.4) is 0 Å². The highest BCUT2D eigenvalue weighted by Gasteiger charge is 2.43. The van der Waals surface area contributed by atoms with Gasteiger partial charge in [-0.2, -0.15) is 0 Å². The van der Waals surface area contributed by atoms with Gasteiger partial charge in [0, 0.05) is 35.7 Å². The fourth-order valence-electron chi connectivity index (χ4n) is 4.66. The van der Waals surface area contributed by atoms with Gasteiger partial charge in [0.05, 0.1) is 13.2 Å². The molecule has 3 nitrogen and oxygen atoms in total. The second-order valence-electron chi connectivity index (χ2n) is 7.81. The highest BCUT2D eigenvalue weighted by atomic mass is 16.5. The summed E-state index contributed by atoms with van der Waals surface area (Å²) in [6.07, 6.45) is 10.1. The van der Waals surface area contributed by atoms with E-state index in [9.17, 15) is 0 Å². The minimum atomic E-state index is 0.206. The Kier molecular flexibility index (Phi) is 4.60. The first-order chi connectivity index (χ1) is 12.2. The van der Waals surface area contributed by atoms with Gasteiger partial charge < -0.3 is 14.8 Å². The molecule has 4 rings (SSSR count). The molecule has 25 heavy (non-hydrogen) atoms. The van der Waals surface area contributed by atoms with E-state index >= 15 is 0 Å². The number of benzene rings is 1. The molecule has 1 aromatic carbocycles. The Balaban J connectivity index is 1.71. The summed E-state index contributed by atoms with van der Waals surface area (Å²) in [5.41, 5.74) is 3.98. The third-order valence-electron chi connectivity index (χ3n) is 6.02. The van der Waals surface area contributed by atoms with Gasteiger partial charge in [-0.3, -0.25) is 0 Å². The van der Waals surface area contributed by atoms with E-state index in [2.05, 4.69) is 55.6 Å². The van der Waals surface area contributed by atoms with Crippen LogP contribution >= 0.6 is 0 Å². The van der Waals surface area contributed by atoms with Crippen LogP contribution in [0.5, 0.6) is 0 Å². The highest BCUT2D eigenvalue weighted by molar-refractivity contribution is 5.58. The SMILES string of the molecule is COC1=CC=CCC1[C@@H]1Nc2ccc(C(C)C)cc2[C@H]2OCCC[C@H]21. The smallest absolute Gasteiger partial charge is 0.101 e. The minimum Gasteiger partial charge on any atom is -0.501 e. The minimum absolute atomic E-state index is 0.206. The molecule has 2 aliphatic heterocycles. The number of rotatable bonds is 3. The summed E-state index contributed by atoms with van der Waals surface area (Å²) in [6, 6.07) is 7.23. The lowest BCUT2D eigenvalue weighted by atomic mass is 9.73. The number of fused-ring (bicyclic) bond motifs is 3. The monoisotopic (exact) mass is 339 g/mol. The van der Waals surface area contributed by atoms with Gasteiger partial charge in [-0.15, -0.1) is 0 Å². The maximum atomic E-state index is 6.31. The third-order valence-corrected chi connectivity index (χ3v) is 6.02. The maximum absolute atomic E-state index is 6.31. The lowest BCUT2D eigenvalue weighted by Crippen LogP contribution is -2.46. The number of allylic oxidation sites excluding steroid dienone is 3. The average Bonchev–Trinajstić information content (AvgIpc) is 2.67. The number of hydrogen-bond donors (Lipinski definition) is 1. The molecule has 1 N–H and O–H groups in total. The van der Waals surface area contributed by atoms with Crippen molar-refractivity contribution in [1.29, 1.82) is 0 Å². The Bertz CT molecular complexity index is 691. The van der Waals surface area contributed by atoms with Gasteiger partial charge in [0.2, 0.25) is 0 Å². The summed E-state index contributed by atoms with van der Waals surface area (Å²) < 4.78 is 12.0. The van der Waals surface area contributed by atoms with Crippen LogP contribution in [0.4, 0.5) is 5.69 Å². The quantitative estimate of drug-likeness (QED) is 0.823. The molecule has 134 valence electrons. The summed E-state index contributed by atoms with van der Waals surface area (Å²) in [5.74, 6) is 2.50. The van der Waals surface area contributed by atoms with Crippen LogP contribution in [-0.2, 0) is 9.47 Å². The van der Waals surface area contributed by atoms with E-state index in [-0.39, 0.29) is 6.10 Å². The van der Waals surface area contributed by atoms with Crippen molar-refractivity contribution < 1.29 is 9.47 Å². The van der Waals surface area contributed by atoms with E-state index in [1.165, 1.54) is 23.2 Å². The van der Waals surface area contributed by atoms with Crippen molar-refractivity contribution in [1.82, 2.24) is 0 Å². The van der Waals surface area contributed by atoms with Gasteiger partial charge in [0.1, 0.15) is 5.76 Å². The lowest BCUT2D eigenvalue weighted by Gasteiger charge is -2.46. The fourth-order valence-corrected chi connectivity index (χ4v) is 4.66. The molecular weight excluding hydrogens is 310 g/mol. The predicted molar refractivity (Wildman–Crippen MR) is 102 cm³/mol. The second-order valence-corrected chi connectivity index (χ2v) is 7.81. The van der Waals surface area contributed by atoms with Crippen molar-refractivity contribution in [2.75, 3.05) is 19.0 Å². The molecular formula is C22H29NO2. The van der Waals surface area contributed by atoms with E-state index in [1.54, 1.807) is 7.11 Å². The molecule has 1 aromatic rings. The van der Waals surface area contributed by atoms with Crippen LogP contribution in [0.2, 0.25) is 0 Å². The molecule has 1 unspecified atom stereocenters. The zero-order valence-corrected chi connectivity index (χ0v) is 15.5. The molecule has 0 saturated carbocycles. The average molecular weight is 339 g/mol. The number of anilines is 1. The molecule has 3 aliphatic rings. The zero-order valence-electron chi connectivity index (χ0n) is 15.5. The molecule has 4 atom stereocenters. The molecule has 0 amide bonds. The molecule has 0 radical (unpaired) electrons. The topological polar surface area (TPSA) is 30.5 Å². The van der Waals surface area contributed by atoms with Crippen molar-refractivity contribution >= 4 is 5.69 Å². The van der Waals surface area contributed by atoms with Gasteiger partial charge in [0.25, 0.3) is 0 Å². The molecule has 0 spiro atoms. The van der Waals surface area contributed by atoms with Crippen LogP contribution in [-0.4, -0.2) is 19.8 Å². The molecule has 2 heterocycles. The zero-order chi connectivity index (χ0) is 17.4. The first-order valence-corrected chi connectivity index (χ1v) is 9.61. The number of ether oxygens (including phenoxy) is 2. The second kappa shape index (κ2) is 6.87. The largest absolute Gasteiger partial charge is 0.501 e. The van der Waals surface area contributed by atoms with Crippen LogP contribution in [0.1, 0.15) is 56.3 Å². The van der Waals surface area contributed by atoms with Gasteiger partial charge in [-0.1, -0.05) is 38.1 Å². The van der Waals surface area contributed by atoms with Crippen molar-refractivity contribution in [2.24, 2.45) is 11.8 Å².